The van der Waals surface area contributed by atoms with Gasteiger partial charge in [-0.2, -0.15) is 0 Å². The number of aromatic nitrogens is 1. The molecule has 2 heterocycles. The predicted octanol–water partition coefficient (Wildman–Crippen LogP) is 3.52. The molecule has 0 saturated heterocycles. The zero-order chi connectivity index (χ0) is 11.9. The van der Waals surface area contributed by atoms with Crippen molar-refractivity contribution >= 4 is 0 Å². The van der Waals surface area contributed by atoms with Gasteiger partial charge >= 0.3 is 0 Å². The van der Waals surface area contributed by atoms with Crippen molar-refractivity contribution in [1.82, 2.24) is 10.3 Å². The molecule has 2 rings (SSSR count). The van der Waals surface area contributed by atoms with Crippen molar-refractivity contribution in [3.8, 4) is 0 Å². The SMILES string of the molecule is CCC(CC=C1C=CNC=C1)c1ccncc1. The molecule has 1 aliphatic heterocycles. The van der Waals surface area contributed by atoms with Crippen molar-refractivity contribution in [2.75, 3.05) is 0 Å². The van der Waals surface area contributed by atoms with E-state index in [1.807, 2.05) is 24.8 Å². The highest BCUT2D eigenvalue weighted by atomic mass is 14.8. The van der Waals surface area contributed by atoms with Gasteiger partial charge in [-0.3, -0.25) is 4.98 Å². The number of dihydropyridines is 1. The molecule has 0 aliphatic carbocycles. The van der Waals surface area contributed by atoms with Gasteiger partial charge in [-0.1, -0.05) is 13.0 Å². The summed E-state index contributed by atoms with van der Waals surface area (Å²) in [5.41, 5.74) is 2.65. The first-order valence-electron chi connectivity index (χ1n) is 6.09. The van der Waals surface area contributed by atoms with E-state index in [1.54, 1.807) is 0 Å². The maximum absolute atomic E-state index is 4.07. The molecule has 2 heteroatoms. The Morgan fingerprint density at radius 2 is 1.94 bits per heavy atom. The van der Waals surface area contributed by atoms with E-state index in [2.05, 4.69) is 47.6 Å². The molecule has 1 aromatic rings. The molecule has 1 aromatic heterocycles. The van der Waals surface area contributed by atoms with Crippen LogP contribution in [0.3, 0.4) is 0 Å². The Balaban J connectivity index is 2.03. The molecule has 17 heavy (non-hydrogen) atoms. The lowest BCUT2D eigenvalue weighted by Gasteiger charge is -2.13. The van der Waals surface area contributed by atoms with Crippen LogP contribution in [0.5, 0.6) is 0 Å². The smallest absolute Gasteiger partial charge is 0.0270 e. The zero-order valence-electron chi connectivity index (χ0n) is 10.1. The molecule has 0 saturated carbocycles. The number of hydrogen-bond donors (Lipinski definition) is 1. The van der Waals surface area contributed by atoms with Crippen molar-refractivity contribution in [3.05, 3.63) is 66.3 Å². The highest BCUT2D eigenvalue weighted by Crippen LogP contribution is 2.24. The standard InChI is InChI=1S/C15H18N2/c1-2-14(15-7-11-17-12-8-15)4-3-13-5-9-16-10-6-13/h3,5-12,14,16H,2,4H2,1H3. The summed E-state index contributed by atoms with van der Waals surface area (Å²) in [6, 6.07) is 4.22. The summed E-state index contributed by atoms with van der Waals surface area (Å²) in [6.07, 6.45) is 16.4. The molecule has 2 nitrogen and oxygen atoms in total. The lowest BCUT2D eigenvalue weighted by Crippen LogP contribution is -1.99. The van der Waals surface area contributed by atoms with Crippen LogP contribution < -0.4 is 5.32 Å². The molecule has 1 unspecified atom stereocenters. The van der Waals surface area contributed by atoms with Crippen LogP contribution in [0.4, 0.5) is 0 Å². The summed E-state index contributed by atoms with van der Waals surface area (Å²) < 4.78 is 0. The third-order valence-electron chi connectivity index (χ3n) is 3.05. The Kier molecular flexibility index (Phi) is 4.14. The van der Waals surface area contributed by atoms with Crippen LogP contribution in [-0.2, 0) is 0 Å². The number of allylic oxidation sites excluding steroid dienone is 4. The minimum absolute atomic E-state index is 0.585. The lowest BCUT2D eigenvalue weighted by molar-refractivity contribution is 0.672. The fourth-order valence-electron chi connectivity index (χ4n) is 1.99. The van der Waals surface area contributed by atoms with E-state index in [1.165, 1.54) is 11.1 Å². The van der Waals surface area contributed by atoms with Crippen molar-refractivity contribution in [3.63, 3.8) is 0 Å². The Bertz CT molecular complexity index is 415. The molecule has 1 N–H and O–H groups in total. The van der Waals surface area contributed by atoms with E-state index >= 15 is 0 Å². The number of nitrogens with one attached hydrogen (secondary N) is 1. The third-order valence-corrected chi connectivity index (χ3v) is 3.05. The van der Waals surface area contributed by atoms with E-state index < -0.39 is 0 Å². The monoisotopic (exact) mass is 226 g/mol. The largest absolute Gasteiger partial charge is 0.368 e. The first kappa shape index (κ1) is 11.6. The van der Waals surface area contributed by atoms with Gasteiger partial charge in [0.05, 0.1) is 0 Å². The minimum Gasteiger partial charge on any atom is -0.368 e. The second-order valence-corrected chi connectivity index (χ2v) is 4.16. The molecule has 1 aliphatic rings. The van der Waals surface area contributed by atoms with Crippen molar-refractivity contribution in [2.45, 2.75) is 25.7 Å². The maximum atomic E-state index is 4.07. The molecular formula is C15H18N2. The second-order valence-electron chi connectivity index (χ2n) is 4.16. The van der Waals surface area contributed by atoms with Crippen molar-refractivity contribution in [1.29, 1.82) is 0 Å². The normalized spacial score (nSPS) is 15.5. The Labute approximate surface area is 103 Å². The van der Waals surface area contributed by atoms with Crippen molar-refractivity contribution in [2.24, 2.45) is 0 Å². The molecule has 88 valence electrons. The molecule has 0 fully saturated rings. The van der Waals surface area contributed by atoms with Crippen LogP contribution in [0.1, 0.15) is 31.2 Å². The maximum Gasteiger partial charge on any atom is 0.0270 e. The van der Waals surface area contributed by atoms with Crippen LogP contribution in [0.15, 0.2) is 60.7 Å². The van der Waals surface area contributed by atoms with Gasteiger partial charge in [0.15, 0.2) is 0 Å². The number of pyridine rings is 1. The van der Waals surface area contributed by atoms with Gasteiger partial charge in [-0.05, 0) is 54.2 Å². The molecule has 0 radical (unpaired) electrons. The third kappa shape index (κ3) is 3.31. The van der Waals surface area contributed by atoms with Gasteiger partial charge in [0.2, 0.25) is 0 Å². The van der Waals surface area contributed by atoms with Gasteiger partial charge in [-0.15, -0.1) is 0 Å². The Hall–Kier alpha value is -1.83. The average molecular weight is 226 g/mol. The molecule has 0 aromatic carbocycles. The number of hydrogen-bond acceptors (Lipinski definition) is 2. The van der Waals surface area contributed by atoms with Gasteiger partial charge in [0, 0.05) is 24.8 Å². The van der Waals surface area contributed by atoms with Crippen LogP contribution in [0.2, 0.25) is 0 Å². The fourth-order valence-corrected chi connectivity index (χ4v) is 1.99. The van der Waals surface area contributed by atoms with E-state index in [9.17, 15) is 0 Å². The van der Waals surface area contributed by atoms with Crippen LogP contribution in [0.25, 0.3) is 0 Å². The fraction of sp³-hybridized carbons (Fsp3) is 0.267. The Morgan fingerprint density at radius 3 is 2.59 bits per heavy atom. The highest BCUT2D eigenvalue weighted by molar-refractivity contribution is 5.33. The molecule has 0 amide bonds. The summed E-state index contributed by atoms with van der Waals surface area (Å²) in [6.45, 7) is 2.23. The average Bonchev–Trinajstić information content (AvgIpc) is 2.42. The number of rotatable bonds is 4. The summed E-state index contributed by atoms with van der Waals surface area (Å²) in [5, 5.41) is 3.04. The highest BCUT2D eigenvalue weighted by Gasteiger charge is 2.07. The molecule has 0 bridgehead atoms. The molecule has 0 spiro atoms. The summed E-state index contributed by atoms with van der Waals surface area (Å²) in [7, 11) is 0. The van der Waals surface area contributed by atoms with Crippen molar-refractivity contribution < 1.29 is 0 Å². The summed E-state index contributed by atoms with van der Waals surface area (Å²) in [5.74, 6) is 0.585. The molecule has 1 atom stereocenters. The number of nitrogens with zero attached hydrogens (tertiary/aromatic N) is 1. The van der Waals surface area contributed by atoms with Gasteiger partial charge in [-0.25, -0.2) is 0 Å². The van der Waals surface area contributed by atoms with Gasteiger partial charge in [0.25, 0.3) is 0 Å². The van der Waals surface area contributed by atoms with E-state index in [0.29, 0.717) is 5.92 Å². The predicted molar refractivity (Wildman–Crippen MR) is 71.4 cm³/mol. The van der Waals surface area contributed by atoms with Gasteiger partial charge in [0.1, 0.15) is 0 Å². The van der Waals surface area contributed by atoms with E-state index in [0.717, 1.165) is 12.8 Å². The Morgan fingerprint density at radius 1 is 1.24 bits per heavy atom. The first-order valence-corrected chi connectivity index (χ1v) is 6.09. The van der Waals surface area contributed by atoms with Crippen LogP contribution in [-0.4, -0.2) is 4.98 Å². The lowest BCUT2D eigenvalue weighted by atomic mass is 9.93. The topological polar surface area (TPSA) is 24.9 Å². The van der Waals surface area contributed by atoms with Crippen LogP contribution in [0, 0.1) is 0 Å². The second kappa shape index (κ2) is 6.04. The quantitative estimate of drug-likeness (QED) is 0.849. The van der Waals surface area contributed by atoms with E-state index in [4.69, 9.17) is 0 Å². The van der Waals surface area contributed by atoms with E-state index in [-0.39, 0.29) is 0 Å². The zero-order valence-corrected chi connectivity index (χ0v) is 10.1. The summed E-state index contributed by atoms with van der Waals surface area (Å²) in [4.78, 5) is 4.07. The summed E-state index contributed by atoms with van der Waals surface area (Å²) >= 11 is 0. The molecular weight excluding hydrogens is 208 g/mol. The minimum atomic E-state index is 0.585. The van der Waals surface area contributed by atoms with Crippen LogP contribution >= 0.6 is 0 Å². The first-order chi connectivity index (χ1) is 8.40. The van der Waals surface area contributed by atoms with Gasteiger partial charge < -0.3 is 5.32 Å².